The van der Waals surface area contributed by atoms with E-state index in [-0.39, 0.29) is 5.69 Å². The van der Waals surface area contributed by atoms with Crippen molar-refractivity contribution in [3.05, 3.63) is 24.0 Å². The molecule has 1 atom stereocenters. The Bertz CT molecular complexity index is 592. The zero-order chi connectivity index (χ0) is 15.5. The maximum atomic E-state index is 13.6. The second-order valence-corrected chi connectivity index (χ2v) is 7.39. The number of anilines is 2. The Morgan fingerprint density at radius 2 is 2.05 bits per heavy atom. The molecule has 2 N–H and O–H groups in total. The van der Waals surface area contributed by atoms with Crippen LogP contribution in [0.15, 0.2) is 18.2 Å². The van der Waals surface area contributed by atoms with Crippen LogP contribution in [0.2, 0.25) is 0 Å². The van der Waals surface area contributed by atoms with Crippen molar-refractivity contribution in [2.24, 2.45) is 0 Å². The van der Waals surface area contributed by atoms with Crippen molar-refractivity contribution in [2.45, 2.75) is 25.3 Å². The first kappa shape index (κ1) is 16.0. The molecule has 1 fully saturated rings. The van der Waals surface area contributed by atoms with Crippen LogP contribution in [-0.2, 0) is 10.0 Å². The van der Waals surface area contributed by atoms with Gasteiger partial charge in [0, 0.05) is 11.7 Å². The van der Waals surface area contributed by atoms with Crippen LogP contribution >= 0.6 is 0 Å². The Kier molecular flexibility index (Phi) is 5.05. The first-order valence-corrected chi connectivity index (χ1v) is 8.95. The van der Waals surface area contributed by atoms with Crippen LogP contribution in [0.1, 0.15) is 19.3 Å². The van der Waals surface area contributed by atoms with Crippen LogP contribution in [0.3, 0.4) is 0 Å². The molecular weight excluding hydrogens is 293 g/mol. The fraction of sp³-hybridized carbons (Fsp3) is 0.571. The van der Waals surface area contributed by atoms with E-state index in [0.29, 0.717) is 6.04 Å². The molecule has 5 nitrogen and oxygen atoms in total. The molecule has 0 saturated carbocycles. The number of rotatable bonds is 4. The van der Waals surface area contributed by atoms with Crippen LogP contribution in [0.25, 0.3) is 0 Å². The molecule has 1 aliphatic heterocycles. The van der Waals surface area contributed by atoms with Gasteiger partial charge in [-0.05, 0) is 57.6 Å². The molecule has 0 aliphatic carbocycles. The first-order valence-electron chi connectivity index (χ1n) is 7.06. The van der Waals surface area contributed by atoms with Gasteiger partial charge >= 0.3 is 0 Å². The Hall–Kier alpha value is -1.34. The summed E-state index contributed by atoms with van der Waals surface area (Å²) in [5.41, 5.74) is 0.713. The minimum absolute atomic E-state index is 0.0201. The lowest BCUT2D eigenvalue weighted by molar-refractivity contribution is 0.348. The molecule has 0 amide bonds. The standard InChI is InChI=1S/C14H22FN3O2S/c1-18-8-3-4-11(7-9-18)16-12-5-6-13(15)14(10-12)17-21(2,19)20/h5-6,10-11,16-17H,3-4,7-9H2,1-2H3. The first-order chi connectivity index (χ1) is 9.83. The summed E-state index contributed by atoms with van der Waals surface area (Å²) in [7, 11) is -1.38. The summed E-state index contributed by atoms with van der Waals surface area (Å²) >= 11 is 0. The molecule has 1 unspecified atom stereocenters. The van der Waals surface area contributed by atoms with Crippen molar-refractivity contribution in [1.82, 2.24) is 4.90 Å². The molecule has 0 aromatic heterocycles. The maximum Gasteiger partial charge on any atom is 0.229 e. The molecule has 1 aromatic carbocycles. The highest BCUT2D eigenvalue weighted by Gasteiger charge is 2.15. The summed E-state index contributed by atoms with van der Waals surface area (Å²) < 4.78 is 38.3. The van der Waals surface area contributed by atoms with E-state index < -0.39 is 15.8 Å². The van der Waals surface area contributed by atoms with Gasteiger partial charge in [-0.2, -0.15) is 0 Å². The lowest BCUT2D eigenvalue weighted by Crippen LogP contribution is -2.23. The number of likely N-dealkylation sites (tertiary alicyclic amines) is 1. The number of nitrogens with zero attached hydrogens (tertiary/aromatic N) is 1. The molecule has 7 heteroatoms. The van der Waals surface area contributed by atoms with Gasteiger partial charge in [-0.25, -0.2) is 12.8 Å². The largest absolute Gasteiger partial charge is 0.382 e. The Morgan fingerprint density at radius 1 is 1.29 bits per heavy atom. The Balaban J connectivity index is 2.08. The second-order valence-electron chi connectivity index (χ2n) is 5.64. The average Bonchev–Trinajstić information content (AvgIpc) is 2.57. The van der Waals surface area contributed by atoms with Crippen LogP contribution in [0.4, 0.5) is 15.8 Å². The highest BCUT2D eigenvalue weighted by molar-refractivity contribution is 7.92. The number of benzene rings is 1. The number of nitrogens with one attached hydrogen (secondary N) is 2. The van der Waals surface area contributed by atoms with E-state index in [0.717, 1.165) is 44.3 Å². The topological polar surface area (TPSA) is 61.4 Å². The van der Waals surface area contributed by atoms with Gasteiger partial charge in [0.1, 0.15) is 5.82 Å². The Labute approximate surface area is 125 Å². The second kappa shape index (κ2) is 6.62. The third-order valence-corrected chi connectivity index (χ3v) is 4.17. The highest BCUT2D eigenvalue weighted by Crippen LogP contribution is 2.23. The van der Waals surface area contributed by atoms with E-state index in [1.54, 1.807) is 6.07 Å². The van der Waals surface area contributed by atoms with Gasteiger partial charge in [0.05, 0.1) is 11.9 Å². The minimum atomic E-state index is -3.49. The molecule has 2 rings (SSSR count). The zero-order valence-electron chi connectivity index (χ0n) is 12.4. The van der Waals surface area contributed by atoms with Gasteiger partial charge in [-0.15, -0.1) is 0 Å². The van der Waals surface area contributed by atoms with Crippen LogP contribution in [-0.4, -0.2) is 45.8 Å². The predicted molar refractivity (Wildman–Crippen MR) is 83.6 cm³/mol. The van der Waals surface area contributed by atoms with Gasteiger partial charge in [0.15, 0.2) is 0 Å². The minimum Gasteiger partial charge on any atom is -0.382 e. The van der Waals surface area contributed by atoms with Crippen molar-refractivity contribution in [2.75, 3.05) is 36.4 Å². The molecule has 1 saturated heterocycles. The van der Waals surface area contributed by atoms with Crippen molar-refractivity contribution in [1.29, 1.82) is 0 Å². The van der Waals surface area contributed by atoms with Crippen LogP contribution < -0.4 is 10.0 Å². The van der Waals surface area contributed by atoms with E-state index in [9.17, 15) is 12.8 Å². The molecule has 0 radical (unpaired) electrons. The van der Waals surface area contributed by atoms with Gasteiger partial charge in [-0.1, -0.05) is 0 Å². The van der Waals surface area contributed by atoms with Crippen LogP contribution in [0, 0.1) is 5.82 Å². The van der Waals surface area contributed by atoms with Crippen molar-refractivity contribution in [3.63, 3.8) is 0 Å². The van der Waals surface area contributed by atoms with E-state index in [1.807, 2.05) is 0 Å². The summed E-state index contributed by atoms with van der Waals surface area (Å²) in [6.45, 7) is 2.11. The fourth-order valence-corrected chi connectivity index (χ4v) is 3.07. The summed E-state index contributed by atoms with van der Waals surface area (Å²) in [4.78, 5) is 2.29. The van der Waals surface area contributed by atoms with E-state index in [1.165, 1.54) is 12.1 Å². The molecule has 1 aromatic rings. The molecular formula is C14H22FN3O2S. The summed E-state index contributed by atoms with van der Waals surface area (Å²) in [5, 5.41) is 3.37. The van der Waals surface area contributed by atoms with Gasteiger partial charge < -0.3 is 10.2 Å². The van der Waals surface area contributed by atoms with Gasteiger partial charge in [-0.3, -0.25) is 4.72 Å². The number of halogens is 1. The van der Waals surface area contributed by atoms with Gasteiger partial charge in [0.25, 0.3) is 0 Å². The highest BCUT2D eigenvalue weighted by atomic mass is 32.2. The summed E-state index contributed by atoms with van der Waals surface area (Å²) in [6, 6.07) is 4.74. The molecule has 1 aliphatic rings. The Morgan fingerprint density at radius 3 is 2.76 bits per heavy atom. The normalized spacial score (nSPS) is 20.8. The predicted octanol–water partition coefficient (Wildman–Crippen LogP) is 2.09. The lowest BCUT2D eigenvalue weighted by atomic mass is 10.1. The molecule has 21 heavy (non-hydrogen) atoms. The smallest absolute Gasteiger partial charge is 0.229 e. The molecule has 1 heterocycles. The molecule has 0 bridgehead atoms. The fourth-order valence-electron chi connectivity index (χ4n) is 2.51. The lowest BCUT2D eigenvalue weighted by Gasteiger charge is -2.19. The van der Waals surface area contributed by atoms with Crippen molar-refractivity contribution in [3.8, 4) is 0 Å². The van der Waals surface area contributed by atoms with E-state index in [2.05, 4.69) is 22.0 Å². The van der Waals surface area contributed by atoms with Crippen molar-refractivity contribution >= 4 is 21.4 Å². The molecule has 118 valence electrons. The number of sulfonamides is 1. The molecule has 0 spiro atoms. The summed E-state index contributed by atoms with van der Waals surface area (Å²) in [5.74, 6) is -0.577. The van der Waals surface area contributed by atoms with E-state index >= 15 is 0 Å². The van der Waals surface area contributed by atoms with E-state index in [4.69, 9.17) is 0 Å². The summed E-state index contributed by atoms with van der Waals surface area (Å²) in [6.07, 6.45) is 4.19. The quantitative estimate of drug-likeness (QED) is 0.893. The third-order valence-electron chi connectivity index (χ3n) is 3.58. The van der Waals surface area contributed by atoms with Gasteiger partial charge in [0.2, 0.25) is 10.0 Å². The maximum absolute atomic E-state index is 13.6. The number of hydrogen-bond acceptors (Lipinski definition) is 4. The monoisotopic (exact) mass is 315 g/mol. The number of hydrogen-bond donors (Lipinski definition) is 2. The average molecular weight is 315 g/mol. The van der Waals surface area contributed by atoms with Crippen LogP contribution in [0.5, 0.6) is 0 Å². The zero-order valence-corrected chi connectivity index (χ0v) is 13.2. The third kappa shape index (κ3) is 5.17. The van der Waals surface area contributed by atoms with Crippen molar-refractivity contribution < 1.29 is 12.8 Å². The SMILES string of the molecule is CN1CCCC(Nc2ccc(F)c(NS(C)(=O)=O)c2)CC1.